The molecule has 0 N–H and O–H groups in total. The summed E-state index contributed by atoms with van der Waals surface area (Å²) in [6.07, 6.45) is 7.89. The second kappa shape index (κ2) is 21.1. The van der Waals surface area contributed by atoms with Gasteiger partial charge in [0.05, 0.1) is 0 Å². The summed E-state index contributed by atoms with van der Waals surface area (Å²) in [7, 11) is 0. The molecule has 0 aliphatic rings. The van der Waals surface area contributed by atoms with Crippen LogP contribution in [0.4, 0.5) is 0 Å². The predicted molar refractivity (Wildman–Crippen MR) is 88.3 cm³/mol. The molecule has 4 nitrogen and oxygen atoms in total. The van der Waals surface area contributed by atoms with E-state index in [0.717, 1.165) is 12.2 Å². The number of unbranched alkanes of at least 4 members (excludes halogenated alkanes) is 2. The second-order valence-corrected chi connectivity index (χ2v) is 7.53. The van der Waals surface area contributed by atoms with Gasteiger partial charge in [0.25, 0.3) is 0 Å². The van der Waals surface area contributed by atoms with Crippen LogP contribution in [0.3, 0.4) is 0 Å². The van der Waals surface area contributed by atoms with Gasteiger partial charge in [-0.3, -0.25) is 9.59 Å². The summed E-state index contributed by atoms with van der Waals surface area (Å²) in [6.45, 7) is 9.96. The number of hydrogen-bond acceptors (Lipinski definition) is 4. The van der Waals surface area contributed by atoms with Gasteiger partial charge in [-0.2, -0.15) is 0 Å². The van der Waals surface area contributed by atoms with Crippen LogP contribution in [0.1, 0.15) is 67.2 Å². The van der Waals surface area contributed by atoms with Crippen LogP contribution in [-0.4, -0.2) is 11.6 Å². The van der Waals surface area contributed by atoms with Crippen LogP contribution >= 0.6 is 0 Å². The molecule has 0 saturated heterocycles. The van der Waals surface area contributed by atoms with Gasteiger partial charge in [0, 0.05) is 0 Å². The number of allylic oxidation sites excluding steroid dienone is 4. The Labute approximate surface area is 151 Å². The van der Waals surface area contributed by atoms with E-state index in [1.807, 2.05) is 0 Å². The molecule has 0 aromatic rings. The molecule has 0 heterocycles. The molecule has 0 aliphatic carbocycles. The summed E-state index contributed by atoms with van der Waals surface area (Å²) in [5.74, 6) is -0.750. The number of hydrogen-bond donors (Lipinski definition) is 0. The maximum atomic E-state index is 9.98. The maximum absolute atomic E-state index is 9.98. The Balaban J connectivity index is -0.000000264. The minimum absolute atomic E-state index is 0.187. The Morgan fingerprint density at radius 3 is 1.22 bits per heavy atom. The van der Waals surface area contributed by atoms with E-state index in [9.17, 15) is 19.8 Å². The van der Waals surface area contributed by atoms with Crippen LogP contribution in [0.2, 0.25) is 9.45 Å². The van der Waals surface area contributed by atoms with Crippen LogP contribution in [0, 0.1) is 0 Å². The molecule has 0 bridgehead atoms. The van der Waals surface area contributed by atoms with Gasteiger partial charge in [-0.1, -0.05) is 13.8 Å². The standard InChI is InChI=1S/2C5H8O2.2C4H9.Ti/c2*1-4(6)3-5(2)7;2*1-3-4-2;/h2*3,6H,1-2H3;2*1,3-4H2,2H3;/q;;;;+2/p-2/b2*4-3-;;;. The van der Waals surface area contributed by atoms with Crippen molar-refractivity contribution >= 4 is 11.6 Å². The van der Waals surface area contributed by atoms with Crippen LogP contribution in [0.5, 0.6) is 0 Å². The average molecular weight is 360 g/mol. The van der Waals surface area contributed by atoms with E-state index in [2.05, 4.69) is 13.8 Å². The van der Waals surface area contributed by atoms with E-state index in [1.54, 1.807) is 9.45 Å². The fourth-order valence-corrected chi connectivity index (χ4v) is 3.58. The van der Waals surface area contributed by atoms with Gasteiger partial charge in [0.1, 0.15) is 0 Å². The summed E-state index contributed by atoms with van der Waals surface area (Å²) >= 11 is 0.496. The first kappa shape index (κ1) is 27.0. The van der Waals surface area contributed by atoms with Gasteiger partial charge in [-0.05, 0) is 26.0 Å². The van der Waals surface area contributed by atoms with E-state index < -0.39 is 0 Å². The third-order valence-corrected chi connectivity index (χ3v) is 4.44. The summed E-state index contributed by atoms with van der Waals surface area (Å²) in [6, 6.07) is 0. The molecule has 132 valence electrons. The van der Waals surface area contributed by atoms with Crippen molar-refractivity contribution in [2.75, 3.05) is 0 Å². The van der Waals surface area contributed by atoms with Gasteiger partial charge >= 0.3 is 68.1 Å². The number of carbonyl (C=O) groups excluding carboxylic acids is 2. The summed E-state index contributed by atoms with van der Waals surface area (Å²) < 4.78 is 3.16. The van der Waals surface area contributed by atoms with Crippen molar-refractivity contribution < 1.29 is 39.0 Å². The molecule has 0 aliphatic heterocycles. The van der Waals surface area contributed by atoms with Crippen molar-refractivity contribution in [3.63, 3.8) is 0 Å². The zero-order valence-electron chi connectivity index (χ0n) is 15.5. The van der Waals surface area contributed by atoms with E-state index in [4.69, 9.17) is 0 Å². The summed E-state index contributed by atoms with van der Waals surface area (Å²) in [5.41, 5.74) is 0. The molecule has 0 unspecified atom stereocenters. The number of ketones is 2. The van der Waals surface area contributed by atoms with Gasteiger partial charge in [-0.15, -0.1) is 11.5 Å². The first-order chi connectivity index (χ1) is 10.7. The predicted octanol–water partition coefficient (Wildman–Crippen LogP) is 3.18. The monoisotopic (exact) mass is 360 g/mol. The molecule has 0 amide bonds. The molecule has 0 aromatic carbocycles. The Kier molecular flexibility index (Phi) is 24.8. The van der Waals surface area contributed by atoms with Crippen molar-refractivity contribution in [1.29, 1.82) is 0 Å². The normalized spacial score (nSPS) is 10.5. The van der Waals surface area contributed by atoms with Crippen molar-refractivity contribution in [1.82, 2.24) is 0 Å². The molecule has 0 saturated carbocycles. The van der Waals surface area contributed by atoms with Crippen molar-refractivity contribution in [2.45, 2.75) is 76.7 Å². The fraction of sp³-hybridized carbons (Fsp3) is 0.667. The molecule has 0 aromatic heterocycles. The topological polar surface area (TPSA) is 80.3 Å². The molecular weight excluding hydrogens is 328 g/mol. The van der Waals surface area contributed by atoms with Crippen molar-refractivity contribution in [3.8, 4) is 0 Å². The van der Waals surface area contributed by atoms with Gasteiger partial charge in [0.15, 0.2) is 11.6 Å². The Bertz CT molecular complexity index is 318. The van der Waals surface area contributed by atoms with Crippen LogP contribution in [0.25, 0.3) is 0 Å². The average Bonchev–Trinajstić information content (AvgIpc) is 2.36. The Morgan fingerprint density at radius 2 is 1.09 bits per heavy atom. The van der Waals surface area contributed by atoms with E-state index >= 15 is 0 Å². The number of carbonyl (C=O) groups is 2. The van der Waals surface area contributed by atoms with Gasteiger partial charge in [-0.25, -0.2) is 0 Å². The second-order valence-electron chi connectivity index (χ2n) is 5.19. The molecule has 5 heteroatoms. The molecule has 0 fully saturated rings. The SMILES string of the molecule is CC(=O)/C=C(/C)[O-].CC(=O)/C=C(/C)[O-].CCC[CH2][Ti+2][CH2]CCC. The van der Waals surface area contributed by atoms with E-state index in [0.29, 0.717) is 19.2 Å². The zero-order valence-corrected chi connectivity index (χ0v) is 17.1. The van der Waals surface area contributed by atoms with Gasteiger partial charge in [0.2, 0.25) is 0 Å². The van der Waals surface area contributed by atoms with Crippen LogP contribution in [0.15, 0.2) is 23.7 Å². The Hall–Kier alpha value is -0.866. The molecule has 23 heavy (non-hydrogen) atoms. The molecular formula is C18H32O4Ti. The molecule has 0 spiro atoms. The third-order valence-electron chi connectivity index (χ3n) is 2.23. The zero-order chi connectivity index (χ0) is 18.7. The number of rotatable bonds is 8. The molecule has 0 atom stereocenters. The van der Waals surface area contributed by atoms with Gasteiger partial charge < -0.3 is 10.2 Å². The first-order valence-electron chi connectivity index (χ1n) is 8.09. The minimum atomic E-state index is -0.187. The van der Waals surface area contributed by atoms with Crippen molar-refractivity contribution in [3.05, 3.63) is 23.7 Å². The molecule has 0 rings (SSSR count). The molecule has 0 radical (unpaired) electrons. The summed E-state index contributed by atoms with van der Waals surface area (Å²) in [4.78, 5) is 20.0. The fourth-order valence-electron chi connectivity index (χ4n) is 1.30. The third kappa shape index (κ3) is 44.9. The van der Waals surface area contributed by atoms with Crippen molar-refractivity contribution in [2.24, 2.45) is 0 Å². The van der Waals surface area contributed by atoms with Crippen LogP contribution < -0.4 is 10.2 Å². The first-order valence-corrected chi connectivity index (χ1v) is 10.3. The quantitative estimate of drug-likeness (QED) is 0.288. The summed E-state index contributed by atoms with van der Waals surface area (Å²) in [5, 5.41) is 20.0. The Morgan fingerprint density at radius 1 is 0.783 bits per heavy atom. The van der Waals surface area contributed by atoms with Crippen LogP contribution in [-0.2, 0) is 28.7 Å². The van der Waals surface area contributed by atoms with E-state index in [1.165, 1.54) is 53.4 Å². The van der Waals surface area contributed by atoms with E-state index in [-0.39, 0.29) is 23.1 Å².